The number of benzene rings is 1. The van der Waals surface area contributed by atoms with Crippen LogP contribution in [0.15, 0.2) is 47.3 Å². The predicted molar refractivity (Wildman–Crippen MR) is 74.2 cm³/mol. The predicted octanol–water partition coefficient (Wildman–Crippen LogP) is 3.84. The highest BCUT2D eigenvalue weighted by atomic mass is 32.1. The maximum atomic E-state index is 12.4. The molecule has 18 heavy (non-hydrogen) atoms. The summed E-state index contributed by atoms with van der Waals surface area (Å²) in [6.07, 6.45) is 1.76. The third-order valence-corrected chi connectivity index (χ3v) is 3.83. The third-order valence-electron chi connectivity index (χ3n) is 2.97. The maximum Gasteiger partial charge on any atom is 0.194 e. The second-order valence-corrected chi connectivity index (χ2v) is 4.95. The lowest BCUT2D eigenvalue weighted by molar-refractivity contribution is 0.103. The number of aromatic nitrogens is 1. The van der Waals surface area contributed by atoms with E-state index in [1.807, 2.05) is 48.0 Å². The number of pyridine rings is 1. The highest BCUT2D eigenvalue weighted by molar-refractivity contribution is 7.08. The second kappa shape index (κ2) is 4.35. The third kappa shape index (κ3) is 1.83. The van der Waals surface area contributed by atoms with Gasteiger partial charge in [-0.15, -0.1) is 0 Å². The molecule has 2 aromatic heterocycles. The van der Waals surface area contributed by atoms with Crippen LogP contribution >= 0.6 is 11.3 Å². The molecule has 3 aromatic rings. The molecule has 0 aliphatic carbocycles. The summed E-state index contributed by atoms with van der Waals surface area (Å²) in [7, 11) is 0. The first-order valence-electron chi connectivity index (χ1n) is 5.68. The molecule has 0 bridgehead atoms. The van der Waals surface area contributed by atoms with Gasteiger partial charge in [0.2, 0.25) is 0 Å². The number of aryl methyl sites for hydroxylation is 1. The van der Waals surface area contributed by atoms with E-state index in [1.54, 1.807) is 17.5 Å². The molecule has 3 rings (SSSR count). The summed E-state index contributed by atoms with van der Waals surface area (Å²) in [6.45, 7) is 1.96. The molecule has 0 saturated heterocycles. The van der Waals surface area contributed by atoms with Gasteiger partial charge in [-0.3, -0.25) is 9.78 Å². The van der Waals surface area contributed by atoms with E-state index in [2.05, 4.69) is 4.98 Å². The van der Waals surface area contributed by atoms with Gasteiger partial charge in [0, 0.05) is 28.1 Å². The van der Waals surface area contributed by atoms with Crippen molar-refractivity contribution in [2.24, 2.45) is 0 Å². The van der Waals surface area contributed by atoms with Crippen molar-refractivity contribution in [2.75, 3.05) is 0 Å². The summed E-state index contributed by atoms with van der Waals surface area (Å²) >= 11 is 1.56. The highest BCUT2D eigenvalue weighted by Gasteiger charge is 2.12. The van der Waals surface area contributed by atoms with E-state index in [-0.39, 0.29) is 5.78 Å². The van der Waals surface area contributed by atoms with Gasteiger partial charge < -0.3 is 0 Å². The number of rotatable bonds is 2. The zero-order chi connectivity index (χ0) is 12.5. The van der Waals surface area contributed by atoms with E-state index in [0.717, 1.165) is 27.6 Å². The van der Waals surface area contributed by atoms with Gasteiger partial charge in [-0.2, -0.15) is 11.3 Å². The van der Waals surface area contributed by atoms with Gasteiger partial charge in [0.1, 0.15) is 0 Å². The zero-order valence-corrected chi connectivity index (χ0v) is 10.7. The van der Waals surface area contributed by atoms with Crippen molar-refractivity contribution in [1.29, 1.82) is 0 Å². The van der Waals surface area contributed by atoms with Crippen molar-refractivity contribution in [3.8, 4) is 0 Å². The van der Waals surface area contributed by atoms with Crippen molar-refractivity contribution in [3.05, 3.63) is 64.0 Å². The Hall–Kier alpha value is -2.00. The van der Waals surface area contributed by atoms with Crippen LogP contribution in [0, 0.1) is 6.92 Å². The molecule has 3 heteroatoms. The van der Waals surface area contributed by atoms with Crippen LogP contribution < -0.4 is 0 Å². The highest BCUT2D eigenvalue weighted by Crippen LogP contribution is 2.20. The number of carbonyl (C=O) groups is 1. The fourth-order valence-electron chi connectivity index (χ4n) is 1.97. The maximum absolute atomic E-state index is 12.4. The molecule has 2 heterocycles. The molecule has 0 aliphatic rings. The smallest absolute Gasteiger partial charge is 0.194 e. The molecule has 0 unspecified atom stereocenters. The van der Waals surface area contributed by atoms with Gasteiger partial charge in [0.15, 0.2) is 5.78 Å². The fourth-order valence-corrected chi connectivity index (χ4v) is 2.79. The molecular weight excluding hydrogens is 242 g/mol. The lowest BCUT2D eigenvalue weighted by Gasteiger charge is -2.02. The number of thiophene rings is 1. The van der Waals surface area contributed by atoms with Crippen molar-refractivity contribution < 1.29 is 4.79 Å². The average Bonchev–Trinajstić information content (AvgIpc) is 2.83. The molecule has 0 aliphatic heterocycles. The van der Waals surface area contributed by atoms with E-state index in [1.165, 1.54) is 0 Å². The lowest BCUT2D eigenvalue weighted by atomic mass is 10.0. The quantitative estimate of drug-likeness (QED) is 0.649. The summed E-state index contributed by atoms with van der Waals surface area (Å²) in [6, 6.07) is 9.49. The molecule has 0 atom stereocenters. The van der Waals surface area contributed by atoms with Crippen LogP contribution in [0.5, 0.6) is 0 Å². The van der Waals surface area contributed by atoms with Crippen molar-refractivity contribution in [3.63, 3.8) is 0 Å². The van der Waals surface area contributed by atoms with Crippen molar-refractivity contribution in [2.45, 2.75) is 6.92 Å². The Labute approximate surface area is 109 Å². The molecule has 0 saturated carbocycles. The molecule has 0 N–H and O–H groups in total. The first kappa shape index (κ1) is 11.1. The number of ketones is 1. The Balaban J connectivity index is 2.10. The number of hydrogen-bond acceptors (Lipinski definition) is 3. The fraction of sp³-hybridized carbons (Fsp3) is 0.0667. The second-order valence-electron chi connectivity index (χ2n) is 4.21. The number of carbonyl (C=O) groups excluding carboxylic acids is 1. The Morgan fingerprint density at radius 1 is 1.22 bits per heavy atom. The first-order valence-corrected chi connectivity index (χ1v) is 6.62. The summed E-state index contributed by atoms with van der Waals surface area (Å²) in [5, 5.41) is 4.90. The van der Waals surface area contributed by atoms with Gasteiger partial charge in [0.25, 0.3) is 0 Å². The molecule has 0 spiro atoms. The normalized spacial score (nSPS) is 10.7. The minimum absolute atomic E-state index is 0.0829. The van der Waals surface area contributed by atoms with E-state index >= 15 is 0 Å². The molecule has 1 aromatic carbocycles. The molecule has 2 nitrogen and oxygen atoms in total. The topological polar surface area (TPSA) is 30.0 Å². The van der Waals surface area contributed by atoms with Crippen LogP contribution in [0.4, 0.5) is 0 Å². The standard InChI is InChI=1S/C15H11NOS/c1-10-8-18-9-13(10)15(17)12-4-5-14-11(7-12)3-2-6-16-14/h2-9H,1H3. The molecule has 0 radical (unpaired) electrons. The monoisotopic (exact) mass is 253 g/mol. The first-order chi connectivity index (χ1) is 8.75. The number of fused-ring (bicyclic) bond motifs is 1. The van der Waals surface area contributed by atoms with Crippen LogP contribution in [0.2, 0.25) is 0 Å². The number of hydrogen-bond donors (Lipinski definition) is 0. The van der Waals surface area contributed by atoms with E-state index < -0.39 is 0 Å². The van der Waals surface area contributed by atoms with Gasteiger partial charge in [-0.05, 0) is 42.1 Å². The van der Waals surface area contributed by atoms with Crippen molar-refractivity contribution >= 4 is 28.0 Å². The van der Waals surface area contributed by atoms with Crippen LogP contribution in [-0.4, -0.2) is 10.8 Å². The van der Waals surface area contributed by atoms with Gasteiger partial charge in [0.05, 0.1) is 5.52 Å². The van der Waals surface area contributed by atoms with Crippen LogP contribution in [0.3, 0.4) is 0 Å². The Morgan fingerprint density at radius 2 is 2.11 bits per heavy atom. The summed E-state index contributed by atoms with van der Waals surface area (Å²) < 4.78 is 0. The number of nitrogens with zero attached hydrogens (tertiary/aromatic N) is 1. The van der Waals surface area contributed by atoms with Crippen molar-refractivity contribution in [1.82, 2.24) is 4.98 Å². The largest absolute Gasteiger partial charge is 0.289 e. The van der Waals surface area contributed by atoms with Crippen LogP contribution in [0.1, 0.15) is 21.5 Å². The Morgan fingerprint density at radius 3 is 2.89 bits per heavy atom. The van der Waals surface area contributed by atoms with E-state index in [0.29, 0.717) is 0 Å². The van der Waals surface area contributed by atoms with Crippen LogP contribution in [0.25, 0.3) is 10.9 Å². The molecule has 0 amide bonds. The Kier molecular flexibility index (Phi) is 2.68. The molecule has 88 valence electrons. The summed E-state index contributed by atoms with van der Waals surface area (Å²) in [5.74, 6) is 0.0829. The van der Waals surface area contributed by atoms with Gasteiger partial charge in [-0.1, -0.05) is 6.07 Å². The van der Waals surface area contributed by atoms with Gasteiger partial charge in [-0.25, -0.2) is 0 Å². The average molecular weight is 253 g/mol. The van der Waals surface area contributed by atoms with E-state index in [4.69, 9.17) is 0 Å². The van der Waals surface area contributed by atoms with Gasteiger partial charge >= 0.3 is 0 Å². The minimum atomic E-state index is 0.0829. The SMILES string of the molecule is Cc1cscc1C(=O)c1ccc2ncccc2c1. The summed E-state index contributed by atoms with van der Waals surface area (Å²) in [5.41, 5.74) is 3.47. The zero-order valence-electron chi connectivity index (χ0n) is 9.88. The molecular formula is C15H11NOS. The lowest BCUT2D eigenvalue weighted by Crippen LogP contribution is -2.01. The Bertz CT molecular complexity index is 730. The molecule has 0 fully saturated rings. The van der Waals surface area contributed by atoms with E-state index in [9.17, 15) is 4.79 Å². The van der Waals surface area contributed by atoms with Crippen LogP contribution in [-0.2, 0) is 0 Å². The summed E-state index contributed by atoms with van der Waals surface area (Å²) in [4.78, 5) is 16.6. The minimum Gasteiger partial charge on any atom is -0.289 e.